The van der Waals surface area contributed by atoms with E-state index in [1.807, 2.05) is 12.1 Å². The number of carbonyl (C=O) groups is 1. The Bertz CT molecular complexity index is 1280. The standard InChI is InChI=1S/C24H23ClN4O3/c1-4-29(5-2)16-9-7-15(8-10-16)21-19(25)13-20-22(27-21)28-24(26-20)32-17-11-6-14(3)18(12-17)23(30)31/h6-13H,4-5H2,1-3H3,(H,30,31)(H,26,27,28). The number of rotatable bonds is 7. The van der Waals surface area contributed by atoms with Gasteiger partial charge in [0.25, 0.3) is 0 Å². The molecule has 2 N–H and O–H groups in total. The SMILES string of the molecule is CCN(CC)c1ccc(-c2nc3nc(Oc4ccc(C)c(C(=O)O)c4)[nH]c3cc2Cl)cc1. The van der Waals surface area contributed by atoms with Gasteiger partial charge in [0.2, 0.25) is 0 Å². The van der Waals surface area contributed by atoms with Gasteiger partial charge in [0.05, 0.1) is 21.8 Å². The molecular formula is C24H23ClN4O3. The fourth-order valence-corrected chi connectivity index (χ4v) is 3.83. The van der Waals surface area contributed by atoms with Crippen molar-refractivity contribution in [3.05, 3.63) is 64.7 Å². The number of nitrogens with zero attached hydrogens (tertiary/aromatic N) is 3. The summed E-state index contributed by atoms with van der Waals surface area (Å²) in [5, 5.41) is 9.80. The number of benzene rings is 2. The van der Waals surface area contributed by atoms with E-state index in [0.717, 1.165) is 24.3 Å². The zero-order chi connectivity index (χ0) is 22.8. The monoisotopic (exact) mass is 450 g/mol. The molecule has 0 saturated heterocycles. The Morgan fingerprint density at radius 3 is 2.47 bits per heavy atom. The number of pyridine rings is 1. The second-order valence-electron chi connectivity index (χ2n) is 7.34. The number of carboxylic acids is 1. The van der Waals surface area contributed by atoms with Crippen LogP contribution in [0.15, 0.2) is 48.5 Å². The average molecular weight is 451 g/mol. The Morgan fingerprint density at radius 2 is 1.81 bits per heavy atom. The largest absolute Gasteiger partial charge is 0.478 e. The van der Waals surface area contributed by atoms with Crippen molar-refractivity contribution >= 4 is 34.4 Å². The third-order valence-electron chi connectivity index (χ3n) is 5.33. The number of aromatic carboxylic acids is 1. The lowest BCUT2D eigenvalue weighted by atomic mass is 10.1. The Balaban J connectivity index is 1.64. The lowest BCUT2D eigenvalue weighted by Crippen LogP contribution is -2.21. The number of aromatic amines is 1. The van der Waals surface area contributed by atoms with E-state index in [1.165, 1.54) is 6.07 Å². The van der Waals surface area contributed by atoms with Crippen molar-refractivity contribution in [1.29, 1.82) is 0 Å². The molecular weight excluding hydrogens is 428 g/mol. The summed E-state index contributed by atoms with van der Waals surface area (Å²) in [5.41, 5.74) is 4.58. The number of H-pyrrole nitrogens is 1. The van der Waals surface area contributed by atoms with Gasteiger partial charge in [-0.05, 0) is 56.7 Å². The molecule has 0 aliphatic carbocycles. The molecule has 0 spiro atoms. The number of halogens is 1. The molecule has 164 valence electrons. The molecule has 8 heteroatoms. The predicted octanol–water partition coefficient (Wildman–Crippen LogP) is 5.92. The van der Waals surface area contributed by atoms with E-state index in [9.17, 15) is 9.90 Å². The van der Waals surface area contributed by atoms with Crippen LogP contribution in [0.1, 0.15) is 29.8 Å². The Kier molecular flexibility index (Phi) is 6.01. The highest BCUT2D eigenvalue weighted by Gasteiger charge is 2.14. The summed E-state index contributed by atoms with van der Waals surface area (Å²) >= 11 is 6.51. The smallest absolute Gasteiger partial charge is 0.336 e. The number of carboxylic acid groups (broad SMARTS) is 1. The number of nitrogens with one attached hydrogen (secondary N) is 1. The van der Waals surface area contributed by atoms with E-state index in [2.05, 4.69) is 45.8 Å². The molecule has 7 nitrogen and oxygen atoms in total. The van der Waals surface area contributed by atoms with Crippen molar-refractivity contribution in [1.82, 2.24) is 15.0 Å². The highest BCUT2D eigenvalue weighted by Crippen LogP contribution is 2.31. The summed E-state index contributed by atoms with van der Waals surface area (Å²) in [5.74, 6) is -0.645. The molecule has 4 aromatic rings. The minimum absolute atomic E-state index is 0.176. The number of hydrogen-bond acceptors (Lipinski definition) is 5. The van der Waals surface area contributed by atoms with Crippen molar-refractivity contribution in [3.8, 4) is 23.0 Å². The minimum Gasteiger partial charge on any atom is -0.478 e. The van der Waals surface area contributed by atoms with E-state index < -0.39 is 5.97 Å². The summed E-state index contributed by atoms with van der Waals surface area (Å²) < 4.78 is 5.74. The molecule has 4 rings (SSSR count). The van der Waals surface area contributed by atoms with Crippen LogP contribution in [-0.2, 0) is 0 Å². The van der Waals surface area contributed by atoms with Crippen LogP contribution >= 0.6 is 11.6 Å². The van der Waals surface area contributed by atoms with Gasteiger partial charge in [-0.15, -0.1) is 0 Å². The molecule has 0 atom stereocenters. The predicted molar refractivity (Wildman–Crippen MR) is 126 cm³/mol. The fourth-order valence-electron chi connectivity index (χ4n) is 3.57. The normalized spacial score (nSPS) is 11.0. The number of fused-ring (bicyclic) bond motifs is 1. The number of aromatic nitrogens is 3. The lowest BCUT2D eigenvalue weighted by Gasteiger charge is -2.21. The van der Waals surface area contributed by atoms with Crippen molar-refractivity contribution in [3.63, 3.8) is 0 Å². The number of hydrogen-bond donors (Lipinski definition) is 2. The number of anilines is 1. The van der Waals surface area contributed by atoms with Crippen molar-refractivity contribution in [2.24, 2.45) is 0 Å². The van der Waals surface area contributed by atoms with E-state index in [-0.39, 0.29) is 11.6 Å². The summed E-state index contributed by atoms with van der Waals surface area (Å²) in [6.45, 7) is 7.86. The molecule has 0 saturated carbocycles. The maximum Gasteiger partial charge on any atom is 0.336 e. The molecule has 0 unspecified atom stereocenters. The number of imidazole rings is 1. The fraction of sp³-hybridized carbons (Fsp3) is 0.208. The van der Waals surface area contributed by atoms with Gasteiger partial charge in [0.15, 0.2) is 5.65 Å². The average Bonchev–Trinajstić information content (AvgIpc) is 3.16. The highest BCUT2D eigenvalue weighted by molar-refractivity contribution is 6.33. The third-order valence-corrected chi connectivity index (χ3v) is 5.62. The Hall–Kier alpha value is -3.58. The van der Waals surface area contributed by atoms with Gasteiger partial charge in [-0.1, -0.05) is 29.8 Å². The second-order valence-corrected chi connectivity index (χ2v) is 7.74. The van der Waals surface area contributed by atoms with Crippen LogP contribution in [0.5, 0.6) is 11.8 Å². The van der Waals surface area contributed by atoms with Crippen LogP contribution in [0.3, 0.4) is 0 Å². The molecule has 0 radical (unpaired) electrons. The highest BCUT2D eigenvalue weighted by atomic mass is 35.5. The Morgan fingerprint density at radius 1 is 1.09 bits per heavy atom. The summed E-state index contributed by atoms with van der Waals surface area (Å²) in [4.78, 5) is 25.7. The van der Waals surface area contributed by atoms with Crippen LogP contribution in [-0.4, -0.2) is 39.1 Å². The van der Waals surface area contributed by atoms with Crippen LogP contribution in [0.25, 0.3) is 22.4 Å². The van der Waals surface area contributed by atoms with E-state index in [0.29, 0.717) is 33.2 Å². The van der Waals surface area contributed by atoms with Crippen LogP contribution < -0.4 is 9.64 Å². The van der Waals surface area contributed by atoms with Gasteiger partial charge in [0, 0.05) is 24.3 Å². The molecule has 0 aliphatic heterocycles. The molecule has 2 heterocycles. The topological polar surface area (TPSA) is 91.3 Å². The van der Waals surface area contributed by atoms with Crippen LogP contribution in [0.4, 0.5) is 5.69 Å². The first-order chi connectivity index (χ1) is 15.4. The summed E-state index contributed by atoms with van der Waals surface area (Å²) in [6, 6.07) is 14.9. The zero-order valence-electron chi connectivity index (χ0n) is 18.0. The molecule has 2 aromatic carbocycles. The molecule has 0 amide bonds. The Labute approximate surface area is 190 Å². The minimum atomic E-state index is -1.01. The second kappa shape index (κ2) is 8.88. The third kappa shape index (κ3) is 4.24. The first-order valence-electron chi connectivity index (χ1n) is 10.3. The van der Waals surface area contributed by atoms with Crippen LogP contribution in [0.2, 0.25) is 5.02 Å². The van der Waals surface area contributed by atoms with Crippen LogP contribution in [0, 0.1) is 6.92 Å². The van der Waals surface area contributed by atoms with Crippen molar-refractivity contribution < 1.29 is 14.6 Å². The van der Waals surface area contributed by atoms with E-state index in [4.69, 9.17) is 16.3 Å². The summed E-state index contributed by atoms with van der Waals surface area (Å²) in [6.07, 6.45) is 0. The zero-order valence-corrected chi connectivity index (χ0v) is 18.8. The maximum absolute atomic E-state index is 11.4. The molecule has 0 fully saturated rings. The first-order valence-corrected chi connectivity index (χ1v) is 10.7. The number of aryl methyl sites for hydroxylation is 1. The maximum atomic E-state index is 11.4. The van der Waals surface area contributed by atoms with Gasteiger partial charge in [-0.25, -0.2) is 9.78 Å². The van der Waals surface area contributed by atoms with E-state index >= 15 is 0 Å². The van der Waals surface area contributed by atoms with Gasteiger partial charge < -0.3 is 19.7 Å². The summed E-state index contributed by atoms with van der Waals surface area (Å²) in [7, 11) is 0. The molecule has 0 aliphatic rings. The van der Waals surface area contributed by atoms with Crippen molar-refractivity contribution in [2.75, 3.05) is 18.0 Å². The lowest BCUT2D eigenvalue weighted by molar-refractivity contribution is 0.0695. The molecule has 0 bridgehead atoms. The van der Waals surface area contributed by atoms with Gasteiger partial charge in [-0.3, -0.25) is 0 Å². The molecule has 2 aromatic heterocycles. The van der Waals surface area contributed by atoms with Gasteiger partial charge >= 0.3 is 12.0 Å². The molecule has 32 heavy (non-hydrogen) atoms. The van der Waals surface area contributed by atoms with Gasteiger partial charge in [-0.2, -0.15) is 4.98 Å². The quantitative estimate of drug-likeness (QED) is 0.363. The number of ether oxygens (including phenoxy) is 1. The van der Waals surface area contributed by atoms with Gasteiger partial charge in [0.1, 0.15) is 5.75 Å². The van der Waals surface area contributed by atoms with E-state index in [1.54, 1.807) is 25.1 Å². The van der Waals surface area contributed by atoms with Crippen molar-refractivity contribution in [2.45, 2.75) is 20.8 Å². The first kappa shape index (κ1) is 21.6.